The molecule has 2 saturated heterocycles. The van der Waals surface area contributed by atoms with Crippen LogP contribution in [0.1, 0.15) is 12.8 Å². The molecular formula is C8H8O6. The predicted octanol–water partition coefficient (Wildman–Crippen LogP) is -0.659. The molecule has 2 bridgehead atoms. The highest BCUT2D eigenvalue weighted by Crippen LogP contribution is 2.42. The first-order valence-corrected chi connectivity index (χ1v) is 4.39. The fourth-order valence-electron chi connectivity index (χ4n) is 2.27. The van der Waals surface area contributed by atoms with Gasteiger partial charge in [-0.15, -0.1) is 0 Å². The highest BCUT2D eigenvalue weighted by Gasteiger charge is 2.62. The van der Waals surface area contributed by atoms with Crippen LogP contribution in [0.4, 0.5) is 4.79 Å². The molecule has 1 N–H and O–H groups in total. The van der Waals surface area contributed by atoms with Gasteiger partial charge in [0.05, 0.1) is 0 Å². The Kier molecular flexibility index (Phi) is 1.26. The average molecular weight is 200 g/mol. The number of hydrogen-bond donors (Lipinski definition) is 1. The number of rotatable bonds is 0. The maximum Gasteiger partial charge on any atom is 0.509 e. The zero-order valence-electron chi connectivity index (χ0n) is 7.13. The molecule has 3 aliphatic rings. The van der Waals surface area contributed by atoms with Crippen molar-refractivity contribution in [3.63, 3.8) is 0 Å². The molecule has 0 unspecified atom stereocenters. The van der Waals surface area contributed by atoms with Crippen LogP contribution in [0.3, 0.4) is 0 Å². The quantitative estimate of drug-likeness (QED) is 0.523. The highest BCUT2D eigenvalue weighted by molar-refractivity contribution is 5.82. The second kappa shape index (κ2) is 2.20. The van der Waals surface area contributed by atoms with Crippen molar-refractivity contribution in [2.45, 2.75) is 36.8 Å². The third kappa shape index (κ3) is 0.836. The van der Waals surface area contributed by atoms with E-state index in [0.717, 1.165) is 0 Å². The molecule has 6 nitrogen and oxygen atoms in total. The Labute approximate surface area is 78.7 Å². The molecule has 0 radical (unpaired) electrons. The topological polar surface area (TPSA) is 82.1 Å². The summed E-state index contributed by atoms with van der Waals surface area (Å²) in [7, 11) is 0. The van der Waals surface area contributed by atoms with Gasteiger partial charge in [0.2, 0.25) is 0 Å². The molecule has 3 fully saturated rings. The molecule has 0 amide bonds. The minimum absolute atomic E-state index is 0.0682. The van der Waals surface area contributed by atoms with Crippen LogP contribution in [0, 0.1) is 0 Å². The zero-order valence-corrected chi connectivity index (χ0v) is 7.13. The predicted molar refractivity (Wildman–Crippen MR) is 39.2 cm³/mol. The fourth-order valence-corrected chi connectivity index (χ4v) is 2.27. The minimum Gasteiger partial charge on any atom is -0.456 e. The van der Waals surface area contributed by atoms with Gasteiger partial charge in [0, 0.05) is 12.8 Å². The Bertz CT molecular complexity index is 324. The molecule has 2 aliphatic heterocycles. The summed E-state index contributed by atoms with van der Waals surface area (Å²) in [6.07, 6.45) is -2.17. The molecule has 1 saturated carbocycles. The summed E-state index contributed by atoms with van der Waals surface area (Å²) < 4.78 is 14.5. The zero-order chi connectivity index (χ0) is 9.92. The third-order valence-electron chi connectivity index (χ3n) is 2.93. The lowest BCUT2D eigenvalue weighted by molar-refractivity contribution is -0.155. The summed E-state index contributed by atoms with van der Waals surface area (Å²) >= 11 is 0. The average Bonchev–Trinajstić information content (AvgIpc) is 2.54. The molecule has 0 aromatic heterocycles. The SMILES string of the molecule is O=C1O[C@@H]2[C@H](C[C@@]3(O)C[C@H]2OC3=O)O1. The van der Waals surface area contributed by atoms with Crippen molar-refractivity contribution in [2.75, 3.05) is 0 Å². The Balaban J connectivity index is 1.94. The summed E-state index contributed by atoms with van der Waals surface area (Å²) in [5, 5.41) is 9.80. The molecule has 1 aliphatic carbocycles. The van der Waals surface area contributed by atoms with Crippen LogP contribution in [0.5, 0.6) is 0 Å². The standard InChI is InChI=1S/C8H8O6/c9-6-8(11)1-3(12-6)5-4(2-8)13-7(10)14-5/h3-5,11H,1-2H2/t3-,4+,5+,8+/m1/s1. The number of ether oxygens (including phenoxy) is 3. The van der Waals surface area contributed by atoms with Crippen LogP contribution >= 0.6 is 0 Å². The first-order chi connectivity index (χ1) is 6.58. The van der Waals surface area contributed by atoms with Crippen LogP contribution in [0.15, 0.2) is 0 Å². The summed E-state index contributed by atoms with van der Waals surface area (Å²) in [5.41, 5.74) is -1.49. The van der Waals surface area contributed by atoms with E-state index in [2.05, 4.69) is 0 Å². The van der Waals surface area contributed by atoms with Gasteiger partial charge in [0.25, 0.3) is 0 Å². The minimum atomic E-state index is -1.49. The lowest BCUT2D eigenvalue weighted by atomic mass is 9.82. The summed E-state index contributed by atoms with van der Waals surface area (Å²) in [6, 6.07) is 0. The number of esters is 1. The van der Waals surface area contributed by atoms with Gasteiger partial charge in [-0.25, -0.2) is 9.59 Å². The van der Waals surface area contributed by atoms with Gasteiger partial charge < -0.3 is 19.3 Å². The smallest absolute Gasteiger partial charge is 0.456 e. The molecule has 76 valence electrons. The van der Waals surface area contributed by atoms with E-state index in [1.165, 1.54) is 0 Å². The van der Waals surface area contributed by atoms with Gasteiger partial charge in [0.15, 0.2) is 11.7 Å². The molecule has 6 heteroatoms. The van der Waals surface area contributed by atoms with Gasteiger partial charge >= 0.3 is 12.1 Å². The van der Waals surface area contributed by atoms with E-state index in [1.54, 1.807) is 0 Å². The Morgan fingerprint density at radius 2 is 1.79 bits per heavy atom. The van der Waals surface area contributed by atoms with Crippen molar-refractivity contribution >= 4 is 12.1 Å². The van der Waals surface area contributed by atoms with Crippen molar-refractivity contribution in [1.82, 2.24) is 0 Å². The van der Waals surface area contributed by atoms with E-state index in [0.29, 0.717) is 0 Å². The summed E-state index contributed by atoms with van der Waals surface area (Å²) in [6.45, 7) is 0. The molecule has 0 aromatic rings. The van der Waals surface area contributed by atoms with Crippen LogP contribution < -0.4 is 0 Å². The van der Waals surface area contributed by atoms with Crippen molar-refractivity contribution in [3.05, 3.63) is 0 Å². The van der Waals surface area contributed by atoms with Crippen LogP contribution in [-0.4, -0.2) is 41.1 Å². The number of carbonyl (C=O) groups is 2. The molecular weight excluding hydrogens is 192 g/mol. The molecule has 0 aromatic carbocycles. The van der Waals surface area contributed by atoms with Gasteiger partial charge in [-0.1, -0.05) is 0 Å². The van der Waals surface area contributed by atoms with Crippen LogP contribution in [0.25, 0.3) is 0 Å². The van der Waals surface area contributed by atoms with E-state index in [9.17, 15) is 14.7 Å². The van der Waals surface area contributed by atoms with E-state index in [1.807, 2.05) is 0 Å². The van der Waals surface area contributed by atoms with E-state index >= 15 is 0 Å². The number of aliphatic hydroxyl groups is 1. The van der Waals surface area contributed by atoms with E-state index in [-0.39, 0.29) is 12.8 Å². The third-order valence-corrected chi connectivity index (χ3v) is 2.93. The van der Waals surface area contributed by atoms with Crippen molar-refractivity contribution in [1.29, 1.82) is 0 Å². The van der Waals surface area contributed by atoms with Crippen LogP contribution in [-0.2, 0) is 19.0 Å². The lowest BCUT2D eigenvalue weighted by Crippen LogP contribution is -2.47. The molecule has 2 heterocycles. The Morgan fingerprint density at radius 1 is 1.14 bits per heavy atom. The van der Waals surface area contributed by atoms with Gasteiger partial charge in [0.1, 0.15) is 12.2 Å². The maximum absolute atomic E-state index is 11.2. The molecule has 14 heavy (non-hydrogen) atoms. The summed E-state index contributed by atoms with van der Waals surface area (Å²) in [5.74, 6) is -0.642. The number of hydrogen-bond acceptors (Lipinski definition) is 6. The van der Waals surface area contributed by atoms with Crippen LogP contribution in [0.2, 0.25) is 0 Å². The van der Waals surface area contributed by atoms with E-state index < -0.39 is 36.0 Å². The van der Waals surface area contributed by atoms with Crippen molar-refractivity contribution in [2.24, 2.45) is 0 Å². The lowest BCUT2D eigenvalue weighted by Gasteiger charge is -2.28. The Hall–Kier alpha value is -1.30. The van der Waals surface area contributed by atoms with E-state index in [4.69, 9.17) is 14.2 Å². The van der Waals surface area contributed by atoms with Gasteiger partial charge in [-0.05, 0) is 0 Å². The largest absolute Gasteiger partial charge is 0.509 e. The Morgan fingerprint density at radius 3 is 2.50 bits per heavy atom. The first-order valence-electron chi connectivity index (χ1n) is 4.39. The monoisotopic (exact) mass is 200 g/mol. The normalized spacial score (nSPS) is 49.4. The summed E-state index contributed by atoms with van der Waals surface area (Å²) in [4.78, 5) is 22.0. The maximum atomic E-state index is 11.2. The highest BCUT2D eigenvalue weighted by atomic mass is 16.8. The van der Waals surface area contributed by atoms with Crippen molar-refractivity contribution < 1.29 is 28.9 Å². The number of carbonyl (C=O) groups excluding carboxylic acids is 2. The molecule has 4 atom stereocenters. The number of fused-ring (bicyclic) bond motifs is 4. The second-order valence-corrected chi connectivity index (χ2v) is 3.87. The van der Waals surface area contributed by atoms with Gasteiger partial charge in [-0.2, -0.15) is 0 Å². The van der Waals surface area contributed by atoms with Crippen molar-refractivity contribution in [3.8, 4) is 0 Å². The molecule has 0 spiro atoms. The molecule has 3 rings (SSSR count). The first kappa shape index (κ1) is 8.05. The second-order valence-electron chi connectivity index (χ2n) is 3.87. The fraction of sp³-hybridized carbons (Fsp3) is 0.750. The van der Waals surface area contributed by atoms with Gasteiger partial charge in [-0.3, -0.25) is 0 Å².